The number of hydrogen-bond acceptors (Lipinski definition) is 4. The first-order chi connectivity index (χ1) is 7.70. The van der Waals surface area contributed by atoms with Crippen LogP contribution in [0, 0.1) is 0 Å². The third-order valence-corrected chi connectivity index (χ3v) is 2.88. The third kappa shape index (κ3) is 2.28. The van der Waals surface area contributed by atoms with Crippen molar-refractivity contribution in [3.05, 3.63) is 24.3 Å². The van der Waals surface area contributed by atoms with Gasteiger partial charge in [-0.15, -0.1) is 0 Å². The number of nitrogen functional groups attached to an aromatic ring is 1. The molecule has 0 aliphatic carbocycles. The van der Waals surface area contributed by atoms with Crippen molar-refractivity contribution in [3.8, 4) is 0 Å². The fourth-order valence-corrected chi connectivity index (χ4v) is 2.03. The van der Waals surface area contributed by atoms with Crippen molar-refractivity contribution >= 4 is 11.4 Å². The van der Waals surface area contributed by atoms with Crippen molar-refractivity contribution in [1.29, 1.82) is 0 Å². The van der Waals surface area contributed by atoms with Gasteiger partial charge in [-0.3, -0.25) is 0 Å². The normalized spacial score (nSPS) is 25.0. The van der Waals surface area contributed by atoms with Gasteiger partial charge in [0.25, 0.3) is 0 Å². The Labute approximate surface area is 95.6 Å². The molecule has 2 rings (SSSR count). The number of ether oxygens (including phenoxy) is 1. The summed E-state index contributed by atoms with van der Waals surface area (Å²) in [6, 6.07) is 7.68. The van der Waals surface area contributed by atoms with Crippen molar-refractivity contribution in [2.45, 2.75) is 19.1 Å². The van der Waals surface area contributed by atoms with E-state index in [0.29, 0.717) is 13.2 Å². The average molecular weight is 222 g/mol. The topological polar surface area (TPSA) is 58.7 Å². The number of anilines is 2. The molecule has 0 spiro atoms. The lowest BCUT2D eigenvalue weighted by molar-refractivity contribution is -0.00189. The maximum Gasteiger partial charge on any atom is 0.102 e. The first kappa shape index (κ1) is 11.2. The van der Waals surface area contributed by atoms with E-state index in [0.717, 1.165) is 17.9 Å². The van der Waals surface area contributed by atoms with Gasteiger partial charge < -0.3 is 20.5 Å². The minimum atomic E-state index is -0.405. The molecule has 0 unspecified atom stereocenters. The van der Waals surface area contributed by atoms with Crippen LogP contribution in [0.1, 0.15) is 6.92 Å². The van der Waals surface area contributed by atoms with Gasteiger partial charge in [-0.1, -0.05) is 0 Å². The molecule has 3 N–H and O–H groups in total. The van der Waals surface area contributed by atoms with Gasteiger partial charge in [0.2, 0.25) is 0 Å². The zero-order valence-corrected chi connectivity index (χ0v) is 9.47. The lowest BCUT2D eigenvalue weighted by Gasteiger charge is -2.18. The lowest BCUT2D eigenvalue weighted by Crippen LogP contribution is -2.26. The van der Waals surface area contributed by atoms with E-state index >= 15 is 0 Å². The quantitative estimate of drug-likeness (QED) is 0.745. The molecule has 1 saturated heterocycles. The van der Waals surface area contributed by atoms with Crippen LogP contribution in [0.15, 0.2) is 24.3 Å². The summed E-state index contributed by atoms with van der Waals surface area (Å²) in [5, 5.41) is 9.82. The van der Waals surface area contributed by atoms with Crippen molar-refractivity contribution in [2.75, 3.05) is 30.3 Å². The SMILES string of the molecule is CCO[C@@H]1CN(c2ccc(N)cc2)C[C@@H]1O. The second-order valence-electron chi connectivity index (χ2n) is 4.06. The number of aliphatic hydroxyl groups excluding tert-OH is 1. The van der Waals surface area contributed by atoms with E-state index in [4.69, 9.17) is 10.5 Å². The number of hydrogen-bond donors (Lipinski definition) is 2. The first-order valence-corrected chi connectivity index (χ1v) is 5.61. The molecule has 1 aliphatic heterocycles. The molecular weight excluding hydrogens is 204 g/mol. The molecule has 0 bridgehead atoms. The summed E-state index contributed by atoms with van der Waals surface area (Å²) in [5.74, 6) is 0. The highest BCUT2D eigenvalue weighted by Gasteiger charge is 2.31. The van der Waals surface area contributed by atoms with Gasteiger partial charge in [-0.2, -0.15) is 0 Å². The zero-order chi connectivity index (χ0) is 11.5. The Morgan fingerprint density at radius 2 is 2.06 bits per heavy atom. The van der Waals surface area contributed by atoms with Crippen LogP contribution in [0.5, 0.6) is 0 Å². The number of nitrogens with two attached hydrogens (primary N) is 1. The van der Waals surface area contributed by atoms with E-state index in [1.54, 1.807) is 0 Å². The minimum absolute atomic E-state index is 0.0810. The number of aliphatic hydroxyl groups is 1. The molecule has 2 atom stereocenters. The summed E-state index contributed by atoms with van der Waals surface area (Å²) in [4.78, 5) is 2.12. The molecule has 1 fully saturated rings. The highest BCUT2D eigenvalue weighted by Crippen LogP contribution is 2.23. The molecule has 0 aromatic heterocycles. The zero-order valence-electron chi connectivity index (χ0n) is 9.47. The molecule has 1 aromatic carbocycles. The Morgan fingerprint density at radius 3 is 2.69 bits per heavy atom. The van der Waals surface area contributed by atoms with Gasteiger partial charge in [0.05, 0.1) is 6.10 Å². The molecule has 88 valence electrons. The molecule has 4 heteroatoms. The Bertz CT molecular complexity index is 339. The summed E-state index contributed by atoms with van der Waals surface area (Å²) >= 11 is 0. The van der Waals surface area contributed by atoms with Gasteiger partial charge >= 0.3 is 0 Å². The average Bonchev–Trinajstić information content (AvgIpc) is 2.62. The van der Waals surface area contributed by atoms with Gasteiger partial charge in [-0.25, -0.2) is 0 Å². The summed E-state index contributed by atoms with van der Waals surface area (Å²) in [6.07, 6.45) is -0.486. The van der Waals surface area contributed by atoms with Gasteiger partial charge in [0, 0.05) is 31.1 Å². The van der Waals surface area contributed by atoms with Crippen LogP contribution in [0.2, 0.25) is 0 Å². The van der Waals surface area contributed by atoms with Gasteiger partial charge in [0.1, 0.15) is 6.10 Å². The number of rotatable bonds is 3. The maximum atomic E-state index is 9.82. The molecule has 0 saturated carbocycles. The van der Waals surface area contributed by atoms with E-state index in [-0.39, 0.29) is 6.10 Å². The summed E-state index contributed by atoms with van der Waals surface area (Å²) in [5.41, 5.74) is 7.47. The predicted molar refractivity (Wildman–Crippen MR) is 64.5 cm³/mol. The molecule has 4 nitrogen and oxygen atoms in total. The van der Waals surface area contributed by atoms with E-state index in [9.17, 15) is 5.11 Å². The standard InChI is InChI=1S/C12H18N2O2/c1-2-16-12-8-14(7-11(12)15)10-5-3-9(13)4-6-10/h3-6,11-12,15H,2,7-8,13H2,1H3/t11-,12+/m0/s1. The minimum Gasteiger partial charge on any atom is -0.399 e. The van der Waals surface area contributed by atoms with Crippen molar-refractivity contribution in [1.82, 2.24) is 0 Å². The smallest absolute Gasteiger partial charge is 0.102 e. The summed E-state index contributed by atoms with van der Waals surface area (Å²) in [6.45, 7) is 3.93. The fourth-order valence-electron chi connectivity index (χ4n) is 2.03. The monoisotopic (exact) mass is 222 g/mol. The largest absolute Gasteiger partial charge is 0.399 e. The predicted octanol–water partition coefficient (Wildman–Crippen LogP) is 0.855. The van der Waals surface area contributed by atoms with Crippen molar-refractivity contribution in [3.63, 3.8) is 0 Å². The molecule has 0 amide bonds. The van der Waals surface area contributed by atoms with E-state index in [1.807, 2.05) is 31.2 Å². The second-order valence-corrected chi connectivity index (χ2v) is 4.06. The first-order valence-electron chi connectivity index (χ1n) is 5.61. The number of β-amino-alcohol motifs (C(OH)–C–C–N with tert-alkyl or cyclic N) is 1. The molecule has 0 radical (unpaired) electrons. The Balaban J connectivity index is 2.04. The highest BCUT2D eigenvalue weighted by molar-refractivity contribution is 5.54. The van der Waals surface area contributed by atoms with Gasteiger partial charge in [0.15, 0.2) is 0 Å². The van der Waals surface area contributed by atoms with Crippen molar-refractivity contribution < 1.29 is 9.84 Å². The van der Waals surface area contributed by atoms with Gasteiger partial charge in [-0.05, 0) is 31.2 Å². The molecule has 1 aliphatic rings. The lowest BCUT2D eigenvalue weighted by atomic mass is 10.2. The van der Waals surface area contributed by atoms with Crippen LogP contribution in [-0.4, -0.2) is 37.0 Å². The van der Waals surface area contributed by atoms with Crippen LogP contribution >= 0.6 is 0 Å². The van der Waals surface area contributed by atoms with Crippen LogP contribution in [0.3, 0.4) is 0 Å². The van der Waals surface area contributed by atoms with Crippen LogP contribution in [-0.2, 0) is 4.74 Å². The molecule has 1 aromatic rings. The van der Waals surface area contributed by atoms with Crippen molar-refractivity contribution in [2.24, 2.45) is 0 Å². The summed E-state index contributed by atoms with van der Waals surface area (Å²) < 4.78 is 5.47. The van der Waals surface area contributed by atoms with Crippen LogP contribution < -0.4 is 10.6 Å². The highest BCUT2D eigenvalue weighted by atomic mass is 16.5. The van der Waals surface area contributed by atoms with E-state index in [1.165, 1.54) is 0 Å². The third-order valence-electron chi connectivity index (χ3n) is 2.88. The fraction of sp³-hybridized carbons (Fsp3) is 0.500. The maximum absolute atomic E-state index is 9.82. The number of nitrogens with zero attached hydrogens (tertiary/aromatic N) is 1. The van der Waals surface area contributed by atoms with E-state index < -0.39 is 6.10 Å². The Kier molecular flexibility index (Phi) is 3.31. The Morgan fingerprint density at radius 1 is 1.38 bits per heavy atom. The van der Waals surface area contributed by atoms with Crippen LogP contribution in [0.4, 0.5) is 11.4 Å². The van der Waals surface area contributed by atoms with Crippen LogP contribution in [0.25, 0.3) is 0 Å². The number of benzene rings is 1. The summed E-state index contributed by atoms with van der Waals surface area (Å²) in [7, 11) is 0. The molecular formula is C12H18N2O2. The van der Waals surface area contributed by atoms with E-state index in [2.05, 4.69) is 4.90 Å². The Hall–Kier alpha value is -1.26. The molecule has 16 heavy (non-hydrogen) atoms. The second kappa shape index (κ2) is 4.72. The molecule has 1 heterocycles.